The predicted octanol–water partition coefficient (Wildman–Crippen LogP) is 3.64. The molecule has 2 heterocycles. The zero-order valence-electron chi connectivity index (χ0n) is 12.8. The average Bonchev–Trinajstić information content (AvgIpc) is 2.78. The van der Waals surface area contributed by atoms with Crippen LogP contribution in [0.5, 0.6) is 11.5 Å². The molecule has 0 radical (unpaired) electrons. The maximum Gasteiger partial charge on any atom is 0.161 e. The molecule has 0 aromatic heterocycles. The molecule has 3 rings (SSSR count). The molecule has 1 aromatic carbocycles. The Morgan fingerprint density at radius 3 is 2.76 bits per heavy atom. The van der Waals surface area contributed by atoms with Crippen molar-refractivity contribution in [2.24, 2.45) is 5.92 Å². The fourth-order valence-corrected chi connectivity index (χ4v) is 4.07. The number of hydrogen-bond acceptors (Lipinski definition) is 4. The van der Waals surface area contributed by atoms with E-state index >= 15 is 0 Å². The van der Waals surface area contributed by atoms with Gasteiger partial charge in [0.05, 0.1) is 13.2 Å². The summed E-state index contributed by atoms with van der Waals surface area (Å²) in [4.78, 5) is 0. The van der Waals surface area contributed by atoms with E-state index < -0.39 is 0 Å². The Bertz CT molecular complexity index is 460. The number of benzene rings is 1. The number of rotatable bonds is 4. The second-order valence-corrected chi connectivity index (χ2v) is 7.17. The van der Waals surface area contributed by atoms with Crippen LogP contribution in [0.2, 0.25) is 0 Å². The van der Waals surface area contributed by atoms with E-state index in [9.17, 15) is 0 Å². The minimum Gasteiger partial charge on any atom is -0.490 e. The summed E-state index contributed by atoms with van der Waals surface area (Å²) in [5.41, 5.74) is 1.28. The molecule has 0 saturated carbocycles. The molecule has 1 unspecified atom stereocenters. The van der Waals surface area contributed by atoms with Crippen molar-refractivity contribution in [1.29, 1.82) is 0 Å². The minimum atomic E-state index is 0.358. The minimum absolute atomic E-state index is 0.358. The Morgan fingerprint density at radius 2 is 1.95 bits per heavy atom. The number of thioether (sulfide) groups is 1. The highest BCUT2D eigenvalue weighted by molar-refractivity contribution is 7.99. The Balaban J connectivity index is 1.58. The van der Waals surface area contributed by atoms with E-state index in [0.717, 1.165) is 43.6 Å². The van der Waals surface area contributed by atoms with E-state index in [1.54, 1.807) is 0 Å². The largest absolute Gasteiger partial charge is 0.490 e. The van der Waals surface area contributed by atoms with E-state index in [-0.39, 0.29) is 0 Å². The van der Waals surface area contributed by atoms with Crippen molar-refractivity contribution in [3.8, 4) is 11.5 Å². The van der Waals surface area contributed by atoms with Gasteiger partial charge >= 0.3 is 0 Å². The summed E-state index contributed by atoms with van der Waals surface area (Å²) in [6.45, 7) is 4.85. The molecule has 2 aliphatic heterocycles. The first-order valence-electron chi connectivity index (χ1n) is 8.03. The molecular formula is C17H25NO2S. The molecule has 1 N–H and O–H groups in total. The molecule has 0 bridgehead atoms. The molecule has 2 aliphatic rings. The molecule has 0 spiro atoms. The van der Waals surface area contributed by atoms with Gasteiger partial charge in [0, 0.05) is 12.5 Å². The van der Waals surface area contributed by atoms with Crippen LogP contribution in [0.1, 0.15) is 37.8 Å². The number of fused-ring (bicyclic) bond motifs is 1. The first-order chi connectivity index (χ1) is 10.3. The van der Waals surface area contributed by atoms with Gasteiger partial charge in [0.2, 0.25) is 0 Å². The highest BCUT2D eigenvalue weighted by Crippen LogP contribution is 2.32. The van der Waals surface area contributed by atoms with Crippen molar-refractivity contribution in [1.82, 2.24) is 5.32 Å². The Labute approximate surface area is 131 Å². The molecule has 1 saturated heterocycles. The lowest BCUT2D eigenvalue weighted by Crippen LogP contribution is -2.28. The summed E-state index contributed by atoms with van der Waals surface area (Å²) in [5, 5.41) is 3.69. The van der Waals surface area contributed by atoms with Crippen molar-refractivity contribution < 1.29 is 9.47 Å². The molecule has 116 valence electrons. The van der Waals surface area contributed by atoms with Crippen LogP contribution in [0.3, 0.4) is 0 Å². The van der Waals surface area contributed by atoms with Crippen LogP contribution in [0.15, 0.2) is 18.2 Å². The summed E-state index contributed by atoms with van der Waals surface area (Å²) in [7, 11) is 0. The standard InChI is InChI=1S/C17H25NO2S/c1-13(18-12-14-5-9-21-10-6-14)15-3-4-16-17(11-15)20-8-2-7-19-16/h3-4,11,13-14,18H,2,5-10,12H2,1H3. The Kier molecular flexibility index (Phi) is 5.31. The normalized spacial score (nSPS) is 20.8. The van der Waals surface area contributed by atoms with Crippen LogP contribution in [0.25, 0.3) is 0 Å². The molecule has 0 amide bonds. The van der Waals surface area contributed by atoms with Crippen LogP contribution in [-0.2, 0) is 0 Å². The second kappa shape index (κ2) is 7.41. The Morgan fingerprint density at radius 1 is 1.19 bits per heavy atom. The van der Waals surface area contributed by atoms with Gasteiger partial charge < -0.3 is 14.8 Å². The third-order valence-corrected chi connectivity index (χ3v) is 5.37. The maximum absolute atomic E-state index is 5.78. The third-order valence-electron chi connectivity index (χ3n) is 4.33. The van der Waals surface area contributed by atoms with Gasteiger partial charge in [-0.05, 0) is 61.4 Å². The van der Waals surface area contributed by atoms with Gasteiger partial charge in [-0.1, -0.05) is 6.07 Å². The molecule has 3 nitrogen and oxygen atoms in total. The van der Waals surface area contributed by atoms with Gasteiger partial charge in [0.1, 0.15) is 0 Å². The average molecular weight is 307 g/mol. The van der Waals surface area contributed by atoms with E-state index in [2.05, 4.69) is 36.1 Å². The van der Waals surface area contributed by atoms with Crippen molar-refractivity contribution in [2.75, 3.05) is 31.3 Å². The zero-order chi connectivity index (χ0) is 14.5. The van der Waals surface area contributed by atoms with Crippen LogP contribution < -0.4 is 14.8 Å². The summed E-state index contributed by atoms with van der Waals surface area (Å²) in [6.07, 6.45) is 3.66. The van der Waals surface area contributed by atoms with E-state index in [1.165, 1.54) is 29.9 Å². The fourth-order valence-electron chi connectivity index (χ4n) is 2.86. The summed E-state index contributed by atoms with van der Waals surface area (Å²) >= 11 is 2.09. The smallest absolute Gasteiger partial charge is 0.161 e. The number of hydrogen-bond donors (Lipinski definition) is 1. The van der Waals surface area contributed by atoms with Crippen LogP contribution in [-0.4, -0.2) is 31.3 Å². The monoisotopic (exact) mass is 307 g/mol. The van der Waals surface area contributed by atoms with Crippen molar-refractivity contribution >= 4 is 11.8 Å². The molecule has 1 atom stereocenters. The Hall–Kier alpha value is -0.870. The summed E-state index contributed by atoms with van der Waals surface area (Å²) in [5.74, 6) is 5.27. The van der Waals surface area contributed by atoms with Gasteiger partial charge in [-0.2, -0.15) is 11.8 Å². The van der Waals surface area contributed by atoms with Gasteiger partial charge in [0.25, 0.3) is 0 Å². The number of ether oxygens (including phenoxy) is 2. The first kappa shape index (κ1) is 15.0. The molecule has 1 fully saturated rings. The van der Waals surface area contributed by atoms with Gasteiger partial charge in [-0.15, -0.1) is 0 Å². The lowest BCUT2D eigenvalue weighted by molar-refractivity contribution is 0.297. The van der Waals surface area contributed by atoms with Gasteiger partial charge in [0.15, 0.2) is 11.5 Å². The van der Waals surface area contributed by atoms with E-state index in [4.69, 9.17) is 9.47 Å². The summed E-state index contributed by atoms with van der Waals surface area (Å²) < 4.78 is 11.5. The molecule has 21 heavy (non-hydrogen) atoms. The molecule has 0 aliphatic carbocycles. The zero-order valence-corrected chi connectivity index (χ0v) is 13.6. The first-order valence-corrected chi connectivity index (χ1v) is 9.19. The molecule has 4 heteroatoms. The van der Waals surface area contributed by atoms with E-state index in [1.807, 2.05) is 6.07 Å². The van der Waals surface area contributed by atoms with Crippen molar-refractivity contribution in [3.05, 3.63) is 23.8 Å². The predicted molar refractivity (Wildman–Crippen MR) is 88.5 cm³/mol. The highest BCUT2D eigenvalue weighted by atomic mass is 32.2. The van der Waals surface area contributed by atoms with Crippen LogP contribution in [0, 0.1) is 5.92 Å². The maximum atomic E-state index is 5.78. The number of nitrogens with one attached hydrogen (secondary N) is 1. The van der Waals surface area contributed by atoms with Crippen molar-refractivity contribution in [2.45, 2.75) is 32.2 Å². The fraction of sp³-hybridized carbons (Fsp3) is 0.647. The van der Waals surface area contributed by atoms with Crippen LogP contribution >= 0.6 is 11.8 Å². The lowest BCUT2D eigenvalue weighted by Gasteiger charge is -2.24. The van der Waals surface area contributed by atoms with E-state index in [0.29, 0.717) is 6.04 Å². The van der Waals surface area contributed by atoms with Gasteiger partial charge in [-0.25, -0.2) is 0 Å². The topological polar surface area (TPSA) is 30.5 Å². The molecular weight excluding hydrogens is 282 g/mol. The highest BCUT2D eigenvalue weighted by Gasteiger charge is 2.16. The third kappa shape index (κ3) is 4.07. The van der Waals surface area contributed by atoms with Crippen molar-refractivity contribution in [3.63, 3.8) is 0 Å². The summed E-state index contributed by atoms with van der Waals surface area (Å²) in [6, 6.07) is 6.69. The quantitative estimate of drug-likeness (QED) is 0.920. The lowest BCUT2D eigenvalue weighted by atomic mass is 10.0. The second-order valence-electron chi connectivity index (χ2n) is 5.94. The van der Waals surface area contributed by atoms with Crippen LogP contribution in [0.4, 0.5) is 0 Å². The molecule has 1 aromatic rings. The van der Waals surface area contributed by atoms with Gasteiger partial charge in [-0.3, -0.25) is 0 Å². The SMILES string of the molecule is CC(NCC1CCSCC1)c1ccc2c(c1)OCCCO2.